The molecule has 0 N–H and O–H groups in total. The quantitative estimate of drug-likeness (QED) is 0.748. The van der Waals surface area contributed by atoms with Crippen molar-refractivity contribution < 1.29 is 17.1 Å². The number of benzene rings is 1. The molecule has 1 unspecified atom stereocenters. The van der Waals surface area contributed by atoms with Gasteiger partial charge in [0.1, 0.15) is 5.25 Å². The van der Waals surface area contributed by atoms with Crippen LogP contribution in [-0.4, -0.2) is 26.1 Å². The molecule has 0 aromatic heterocycles. The highest BCUT2D eigenvalue weighted by Gasteiger charge is 2.39. The van der Waals surface area contributed by atoms with Crippen LogP contribution in [0.4, 0.5) is 9.57 Å². The van der Waals surface area contributed by atoms with Gasteiger partial charge in [-0.25, -0.2) is 0 Å². The predicted molar refractivity (Wildman–Crippen MR) is 61.9 cm³/mol. The van der Waals surface area contributed by atoms with E-state index < -0.39 is 21.4 Å². The lowest BCUT2D eigenvalue weighted by atomic mass is 10.2. The van der Waals surface area contributed by atoms with Crippen LogP contribution in [0.1, 0.15) is 12.0 Å². The largest absolute Gasteiger partial charge is 0.311 e. The molecule has 1 aromatic carbocycles. The Bertz CT molecular complexity index is 636. The summed E-state index contributed by atoms with van der Waals surface area (Å²) >= 11 is 0. The zero-order chi connectivity index (χ0) is 13.3. The third-order valence-corrected chi connectivity index (χ3v) is 3.89. The van der Waals surface area contributed by atoms with Gasteiger partial charge in [0.05, 0.1) is 11.6 Å². The molecule has 94 valence electrons. The highest BCUT2D eigenvalue weighted by Crippen LogP contribution is 2.26. The molecular formula is C11H9FN2O3S. The molecule has 5 nitrogen and oxygen atoms in total. The minimum Gasteiger partial charge on any atom is -0.311 e. The van der Waals surface area contributed by atoms with Gasteiger partial charge in [-0.2, -0.15) is 13.7 Å². The van der Waals surface area contributed by atoms with E-state index in [-0.39, 0.29) is 13.0 Å². The number of carbonyl (C=O) groups is 1. The second-order valence-electron chi connectivity index (χ2n) is 3.97. The molecule has 1 saturated heterocycles. The Morgan fingerprint density at radius 2 is 2.17 bits per heavy atom. The van der Waals surface area contributed by atoms with Gasteiger partial charge in [0.25, 0.3) is 0 Å². The standard InChI is InChI=1S/C11H9FN2O3S/c12-18(16,17)10-5-11(15)14(7-10)9-3-1-2-8(4-9)6-13/h1-4,10H,5,7H2. The molecule has 0 bridgehead atoms. The zero-order valence-corrected chi connectivity index (χ0v) is 10.0. The third-order valence-electron chi connectivity index (χ3n) is 2.77. The lowest BCUT2D eigenvalue weighted by Crippen LogP contribution is -2.26. The molecule has 0 radical (unpaired) electrons. The van der Waals surface area contributed by atoms with E-state index in [9.17, 15) is 17.1 Å². The van der Waals surface area contributed by atoms with Crippen LogP contribution in [0.3, 0.4) is 0 Å². The van der Waals surface area contributed by atoms with Gasteiger partial charge in [-0.1, -0.05) is 6.07 Å². The molecule has 1 fully saturated rings. The summed E-state index contributed by atoms with van der Waals surface area (Å²) in [5.41, 5.74) is 0.761. The van der Waals surface area contributed by atoms with Gasteiger partial charge in [-0.15, -0.1) is 3.89 Å². The number of hydrogen-bond donors (Lipinski definition) is 0. The van der Waals surface area contributed by atoms with E-state index >= 15 is 0 Å². The second kappa shape index (κ2) is 4.38. The Morgan fingerprint density at radius 3 is 2.72 bits per heavy atom. The van der Waals surface area contributed by atoms with Crippen LogP contribution in [0.5, 0.6) is 0 Å². The van der Waals surface area contributed by atoms with Crippen molar-refractivity contribution in [3.63, 3.8) is 0 Å². The number of halogens is 1. The first-order chi connectivity index (χ1) is 8.41. The summed E-state index contributed by atoms with van der Waals surface area (Å²) in [5.74, 6) is -0.462. The van der Waals surface area contributed by atoms with E-state index in [4.69, 9.17) is 5.26 Å². The maximum absolute atomic E-state index is 12.8. The molecule has 0 aliphatic carbocycles. The van der Waals surface area contributed by atoms with Crippen molar-refractivity contribution in [2.45, 2.75) is 11.7 Å². The lowest BCUT2D eigenvalue weighted by Gasteiger charge is -2.15. The minimum atomic E-state index is -4.72. The third kappa shape index (κ3) is 2.33. The van der Waals surface area contributed by atoms with E-state index in [1.54, 1.807) is 18.2 Å². The van der Waals surface area contributed by atoms with Gasteiger partial charge in [-0.05, 0) is 18.2 Å². The Labute approximate surface area is 104 Å². The Kier molecular flexibility index (Phi) is 3.05. The molecule has 18 heavy (non-hydrogen) atoms. The lowest BCUT2D eigenvalue weighted by molar-refractivity contribution is -0.117. The smallest absolute Gasteiger partial charge is 0.307 e. The molecule has 0 spiro atoms. The molecule has 1 aromatic rings. The summed E-state index contributed by atoms with van der Waals surface area (Å²) in [6.07, 6.45) is -0.365. The molecule has 1 aliphatic rings. The summed E-state index contributed by atoms with van der Waals surface area (Å²) in [6, 6.07) is 8.10. The Balaban J connectivity index is 2.30. The van der Waals surface area contributed by atoms with Gasteiger partial charge in [0, 0.05) is 18.7 Å². The Morgan fingerprint density at radius 1 is 1.44 bits per heavy atom. The van der Waals surface area contributed by atoms with Crippen LogP contribution in [-0.2, 0) is 15.0 Å². The van der Waals surface area contributed by atoms with Crippen molar-refractivity contribution >= 4 is 21.8 Å². The Hall–Kier alpha value is -1.94. The second-order valence-corrected chi connectivity index (χ2v) is 5.59. The van der Waals surface area contributed by atoms with Crippen molar-refractivity contribution in [1.82, 2.24) is 0 Å². The highest BCUT2D eigenvalue weighted by molar-refractivity contribution is 7.87. The van der Waals surface area contributed by atoms with Crippen molar-refractivity contribution in [3.8, 4) is 6.07 Å². The van der Waals surface area contributed by atoms with Gasteiger partial charge < -0.3 is 4.90 Å². The van der Waals surface area contributed by atoms with Gasteiger partial charge in [0.2, 0.25) is 5.91 Å². The SMILES string of the molecule is N#Cc1cccc(N2CC(S(=O)(=O)F)CC2=O)c1. The number of amides is 1. The first kappa shape index (κ1) is 12.5. The van der Waals surface area contributed by atoms with E-state index in [0.717, 1.165) is 0 Å². The van der Waals surface area contributed by atoms with Crippen LogP contribution >= 0.6 is 0 Å². The van der Waals surface area contributed by atoms with Crippen molar-refractivity contribution in [2.24, 2.45) is 0 Å². The van der Waals surface area contributed by atoms with Crippen LogP contribution in [0.15, 0.2) is 24.3 Å². The van der Waals surface area contributed by atoms with E-state index in [1.165, 1.54) is 11.0 Å². The maximum atomic E-state index is 12.8. The number of rotatable bonds is 2. The van der Waals surface area contributed by atoms with E-state index in [0.29, 0.717) is 11.3 Å². The topological polar surface area (TPSA) is 78.2 Å². The fourth-order valence-electron chi connectivity index (χ4n) is 1.86. The molecule has 1 aliphatic heterocycles. The van der Waals surface area contributed by atoms with Gasteiger partial charge in [0.15, 0.2) is 0 Å². The van der Waals surface area contributed by atoms with Crippen LogP contribution in [0.2, 0.25) is 0 Å². The molecule has 0 saturated carbocycles. The molecule has 2 rings (SSSR count). The number of hydrogen-bond acceptors (Lipinski definition) is 4. The molecule has 1 atom stereocenters. The summed E-state index contributed by atoms with van der Waals surface area (Å²) in [5, 5.41) is 7.42. The van der Waals surface area contributed by atoms with Gasteiger partial charge >= 0.3 is 10.2 Å². The minimum absolute atomic E-state index is 0.216. The first-order valence-electron chi connectivity index (χ1n) is 5.16. The fraction of sp³-hybridized carbons (Fsp3) is 0.273. The number of nitrogens with zero attached hydrogens (tertiary/aromatic N) is 2. The zero-order valence-electron chi connectivity index (χ0n) is 9.21. The van der Waals surface area contributed by atoms with Crippen LogP contribution in [0.25, 0.3) is 0 Å². The highest BCUT2D eigenvalue weighted by atomic mass is 32.3. The average molecular weight is 268 g/mol. The maximum Gasteiger partial charge on any atom is 0.307 e. The normalized spacial score (nSPS) is 19.9. The first-order valence-corrected chi connectivity index (χ1v) is 6.60. The molecular weight excluding hydrogens is 259 g/mol. The molecule has 1 heterocycles. The summed E-state index contributed by atoms with van der Waals surface area (Å²) in [7, 11) is -4.72. The summed E-state index contributed by atoms with van der Waals surface area (Å²) < 4.78 is 34.4. The van der Waals surface area contributed by atoms with Crippen LogP contribution < -0.4 is 4.90 Å². The summed E-state index contributed by atoms with van der Waals surface area (Å²) in [4.78, 5) is 12.8. The number of nitriles is 1. The number of carbonyl (C=O) groups excluding carboxylic acids is 1. The molecule has 7 heteroatoms. The van der Waals surface area contributed by atoms with E-state index in [2.05, 4.69) is 0 Å². The van der Waals surface area contributed by atoms with E-state index in [1.807, 2.05) is 6.07 Å². The van der Waals surface area contributed by atoms with Crippen LogP contribution in [0, 0.1) is 11.3 Å². The van der Waals surface area contributed by atoms with Gasteiger partial charge in [-0.3, -0.25) is 4.79 Å². The van der Waals surface area contributed by atoms with Crippen molar-refractivity contribution in [3.05, 3.63) is 29.8 Å². The average Bonchev–Trinajstić information content (AvgIpc) is 2.71. The fourth-order valence-corrected chi connectivity index (χ4v) is 2.53. The van der Waals surface area contributed by atoms with Crippen molar-refractivity contribution in [2.75, 3.05) is 11.4 Å². The predicted octanol–water partition coefficient (Wildman–Crippen LogP) is 0.963. The number of anilines is 1. The molecule has 1 amide bonds. The monoisotopic (exact) mass is 268 g/mol. The summed E-state index contributed by atoms with van der Waals surface area (Å²) in [6.45, 7) is -0.216. The van der Waals surface area contributed by atoms with Crippen molar-refractivity contribution in [1.29, 1.82) is 5.26 Å².